The van der Waals surface area contributed by atoms with E-state index in [-0.39, 0.29) is 0 Å². The van der Waals surface area contributed by atoms with Crippen molar-refractivity contribution in [3.63, 3.8) is 0 Å². The van der Waals surface area contributed by atoms with Gasteiger partial charge in [-0.1, -0.05) is 24.6 Å². The standard InChI is InChI=1S/C13H14Cl2N2/c1-8-5-9(6-8)17-12(7-14)16-11-4-2-3-10(15)13(11)17/h2-4,8-9H,5-7H2,1H3. The Morgan fingerprint density at radius 3 is 2.82 bits per heavy atom. The largest absolute Gasteiger partial charge is 0.323 e. The van der Waals surface area contributed by atoms with Gasteiger partial charge in [-0.05, 0) is 30.9 Å². The molecule has 0 radical (unpaired) electrons. The van der Waals surface area contributed by atoms with Gasteiger partial charge < -0.3 is 4.57 Å². The van der Waals surface area contributed by atoms with Crippen molar-refractivity contribution in [2.24, 2.45) is 5.92 Å². The zero-order chi connectivity index (χ0) is 12.0. The molecule has 0 amide bonds. The Bertz CT molecular complexity index is 556. The van der Waals surface area contributed by atoms with Crippen LogP contribution < -0.4 is 0 Å². The number of rotatable bonds is 2. The second-order valence-corrected chi connectivity index (χ2v) is 5.54. The van der Waals surface area contributed by atoms with Crippen LogP contribution >= 0.6 is 23.2 Å². The summed E-state index contributed by atoms with van der Waals surface area (Å²) in [6, 6.07) is 6.37. The lowest BCUT2D eigenvalue weighted by Gasteiger charge is -2.35. The number of benzene rings is 1. The number of hydrogen-bond acceptors (Lipinski definition) is 1. The number of fused-ring (bicyclic) bond motifs is 1. The van der Waals surface area contributed by atoms with Crippen molar-refractivity contribution >= 4 is 34.2 Å². The van der Waals surface area contributed by atoms with Crippen LogP contribution in [0.15, 0.2) is 18.2 Å². The maximum atomic E-state index is 6.29. The van der Waals surface area contributed by atoms with Gasteiger partial charge in [0.25, 0.3) is 0 Å². The van der Waals surface area contributed by atoms with Gasteiger partial charge in [0.15, 0.2) is 0 Å². The summed E-state index contributed by atoms with van der Waals surface area (Å²) >= 11 is 12.3. The lowest BCUT2D eigenvalue weighted by atomic mass is 9.81. The topological polar surface area (TPSA) is 17.8 Å². The Hall–Kier alpha value is -0.730. The number of nitrogens with zero attached hydrogens (tertiary/aromatic N) is 2. The first-order valence-electron chi connectivity index (χ1n) is 5.92. The molecule has 1 aliphatic carbocycles. The van der Waals surface area contributed by atoms with Crippen LogP contribution in [-0.2, 0) is 5.88 Å². The van der Waals surface area contributed by atoms with E-state index in [1.54, 1.807) is 0 Å². The van der Waals surface area contributed by atoms with Gasteiger partial charge in [0.1, 0.15) is 5.82 Å². The van der Waals surface area contributed by atoms with E-state index in [0.717, 1.165) is 27.8 Å². The number of hydrogen-bond donors (Lipinski definition) is 0. The quantitative estimate of drug-likeness (QED) is 0.739. The van der Waals surface area contributed by atoms with Crippen LogP contribution in [0.4, 0.5) is 0 Å². The van der Waals surface area contributed by atoms with Crippen molar-refractivity contribution in [3.8, 4) is 0 Å². The first-order valence-corrected chi connectivity index (χ1v) is 6.83. The van der Waals surface area contributed by atoms with Crippen LogP contribution in [0.2, 0.25) is 5.02 Å². The molecular formula is C13H14Cl2N2. The Morgan fingerprint density at radius 1 is 1.41 bits per heavy atom. The molecule has 90 valence electrons. The predicted octanol–water partition coefficient (Wildman–Crippen LogP) is 4.40. The molecule has 3 rings (SSSR count). The molecule has 0 atom stereocenters. The van der Waals surface area contributed by atoms with E-state index in [4.69, 9.17) is 23.2 Å². The van der Waals surface area contributed by atoms with E-state index in [1.165, 1.54) is 12.8 Å². The summed E-state index contributed by atoms with van der Waals surface area (Å²) in [5.74, 6) is 2.17. The highest BCUT2D eigenvalue weighted by atomic mass is 35.5. The third-order valence-electron chi connectivity index (χ3n) is 3.57. The fourth-order valence-corrected chi connectivity index (χ4v) is 3.16. The number of halogens is 2. The Kier molecular flexibility index (Phi) is 2.80. The van der Waals surface area contributed by atoms with Crippen LogP contribution in [0, 0.1) is 5.92 Å². The second kappa shape index (κ2) is 4.18. The molecule has 4 heteroatoms. The first kappa shape index (κ1) is 11.4. The molecule has 0 N–H and O–H groups in total. The molecule has 1 fully saturated rings. The van der Waals surface area contributed by atoms with E-state index in [2.05, 4.69) is 16.5 Å². The smallest absolute Gasteiger partial charge is 0.125 e. The molecular weight excluding hydrogens is 255 g/mol. The summed E-state index contributed by atoms with van der Waals surface area (Å²) in [7, 11) is 0. The molecule has 0 saturated heterocycles. The van der Waals surface area contributed by atoms with E-state index in [1.807, 2.05) is 18.2 Å². The average molecular weight is 269 g/mol. The van der Waals surface area contributed by atoms with Crippen molar-refractivity contribution < 1.29 is 0 Å². The highest BCUT2D eigenvalue weighted by Crippen LogP contribution is 2.41. The molecule has 2 aromatic rings. The van der Waals surface area contributed by atoms with Crippen LogP contribution in [0.3, 0.4) is 0 Å². The molecule has 1 heterocycles. The van der Waals surface area contributed by atoms with Crippen LogP contribution in [0.1, 0.15) is 31.6 Å². The molecule has 0 bridgehead atoms. The van der Waals surface area contributed by atoms with Crippen molar-refractivity contribution in [2.75, 3.05) is 0 Å². The van der Waals surface area contributed by atoms with Gasteiger partial charge in [0, 0.05) is 6.04 Å². The number of imidazole rings is 1. The van der Waals surface area contributed by atoms with E-state index in [9.17, 15) is 0 Å². The predicted molar refractivity (Wildman–Crippen MR) is 71.7 cm³/mol. The Balaban J connectivity index is 2.19. The maximum absolute atomic E-state index is 6.29. The summed E-state index contributed by atoms with van der Waals surface area (Å²) in [5.41, 5.74) is 1.99. The Labute approximate surface area is 111 Å². The minimum Gasteiger partial charge on any atom is -0.323 e. The van der Waals surface area contributed by atoms with Gasteiger partial charge in [0.2, 0.25) is 0 Å². The van der Waals surface area contributed by atoms with Crippen molar-refractivity contribution in [2.45, 2.75) is 31.7 Å². The van der Waals surface area contributed by atoms with Crippen LogP contribution in [0.25, 0.3) is 11.0 Å². The molecule has 0 unspecified atom stereocenters. The van der Waals surface area contributed by atoms with Gasteiger partial charge in [-0.2, -0.15) is 0 Å². The summed E-state index contributed by atoms with van der Waals surface area (Å²) < 4.78 is 2.24. The average Bonchev–Trinajstić information content (AvgIpc) is 2.64. The number of para-hydroxylation sites is 1. The number of alkyl halides is 1. The van der Waals surface area contributed by atoms with E-state index >= 15 is 0 Å². The molecule has 17 heavy (non-hydrogen) atoms. The number of aromatic nitrogens is 2. The van der Waals surface area contributed by atoms with Gasteiger partial charge >= 0.3 is 0 Å². The summed E-state index contributed by atoms with van der Waals surface area (Å²) in [6.45, 7) is 2.28. The fourth-order valence-electron chi connectivity index (χ4n) is 2.71. The molecule has 1 aromatic carbocycles. The Morgan fingerprint density at radius 2 is 2.18 bits per heavy atom. The molecule has 1 aliphatic rings. The SMILES string of the molecule is CC1CC(n2c(CCl)nc3cccc(Cl)c32)C1. The first-order chi connectivity index (χ1) is 8.20. The van der Waals surface area contributed by atoms with Gasteiger partial charge in [-0.15, -0.1) is 11.6 Å². The second-order valence-electron chi connectivity index (χ2n) is 4.87. The van der Waals surface area contributed by atoms with Crippen molar-refractivity contribution in [1.82, 2.24) is 9.55 Å². The lowest BCUT2D eigenvalue weighted by Crippen LogP contribution is -2.25. The molecule has 1 aromatic heterocycles. The monoisotopic (exact) mass is 268 g/mol. The minimum absolute atomic E-state index is 0.440. The zero-order valence-corrected chi connectivity index (χ0v) is 11.2. The molecule has 0 aliphatic heterocycles. The van der Waals surface area contributed by atoms with Gasteiger partial charge in [0.05, 0.1) is 21.9 Å². The van der Waals surface area contributed by atoms with Crippen LogP contribution in [-0.4, -0.2) is 9.55 Å². The zero-order valence-electron chi connectivity index (χ0n) is 9.66. The highest BCUT2D eigenvalue weighted by molar-refractivity contribution is 6.35. The third kappa shape index (κ3) is 1.74. The minimum atomic E-state index is 0.440. The van der Waals surface area contributed by atoms with Crippen molar-refractivity contribution in [1.29, 1.82) is 0 Å². The van der Waals surface area contributed by atoms with Crippen molar-refractivity contribution in [3.05, 3.63) is 29.0 Å². The fraction of sp³-hybridized carbons (Fsp3) is 0.462. The highest BCUT2D eigenvalue weighted by Gasteiger charge is 2.30. The molecule has 0 spiro atoms. The molecule has 2 nitrogen and oxygen atoms in total. The van der Waals surface area contributed by atoms with E-state index in [0.29, 0.717) is 11.9 Å². The summed E-state index contributed by atoms with van der Waals surface area (Å²) in [6.07, 6.45) is 2.39. The third-order valence-corrected chi connectivity index (χ3v) is 4.11. The van der Waals surface area contributed by atoms with Gasteiger partial charge in [-0.25, -0.2) is 4.98 Å². The summed E-state index contributed by atoms with van der Waals surface area (Å²) in [5, 5.41) is 0.769. The summed E-state index contributed by atoms with van der Waals surface area (Å²) in [4.78, 5) is 4.57. The van der Waals surface area contributed by atoms with E-state index < -0.39 is 0 Å². The van der Waals surface area contributed by atoms with Gasteiger partial charge in [-0.3, -0.25) is 0 Å². The normalized spacial score (nSPS) is 23.9. The van der Waals surface area contributed by atoms with Crippen LogP contribution in [0.5, 0.6) is 0 Å². The maximum Gasteiger partial charge on any atom is 0.125 e. The molecule has 1 saturated carbocycles. The lowest BCUT2D eigenvalue weighted by molar-refractivity contribution is 0.217.